The number of rotatable bonds is 8. The van der Waals surface area contributed by atoms with Crippen molar-refractivity contribution >= 4 is 5.91 Å². The van der Waals surface area contributed by atoms with E-state index in [2.05, 4.69) is 19.2 Å². The van der Waals surface area contributed by atoms with Gasteiger partial charge in [-0.15, -0.1) is 0 Å². The fourth-order valence-electron chi connectivity index (χ4n) is 3.50. The van der Waals surface area contributed by atoms with E-state index in [1.807, 2.05) is 25.1 Å². The second kappa shape index (κ2) is 9.99. The molecule has 1 saturated carbocycles. The number of hydrogen-bond donors (Lipinski definition) is 1. The van der Waals surface area contributed by atoms with Gasteiger partial charge in [-0.25, -0.2) is 0 Å². The van der Waals surface area contributed by atoms with Gasteiger partial charge >= 0.3 is 0 Å². The minimum Gasteiger partial charge on any atom is -0.350 e. The van der Waals surface area contributed by atoms with E-state index >= 15 is 0 Å². The molecule has 1 aliphatic rings. The van der Waals surface area contributed by atoms with Gasteiger partial charge in [-0.3, -0.25) is 4.79 Å². The number of nitrogens with one attached hydrogen (secondary N) is 1. The molecule has 3 heteroatoms. The number of carbonyl (C=O) groups excluding carboxylic acids is 1. The van der Waals surface area contributed by atoms with Crippen LogP contribution < -0.4 is 5.32 Å². The van der Waals surface area contributed by atoms with E-state index in [0.717, 1.165) is 31.2 Å². The molecule has 0 radical (unpaired) electrons. The molecule has 3 nitrogen and oxygen atoms in total. The molecule has 1 aliphatic carbocycles. The smallest absolute Gasteiger partial charge is 0.243 e. The summed E-state index contributed by atoms with van der Waals surface area (Å²) in [6.45, 7) is 5.42. The molecule has 1 atom stereocenters. The molecular weight excluding hydrogens is 260 g/mol. The summed E-state index contributed by atoms with van der Waals surface area (Å²) in [5, 5.41) is 3.16. The standard InChI is InChI=1S/C18H34N2O/c1-5-8-15(6-2)16-10-12-17(13-11-16)19-18(21)9-7-14-20(3)4/h7,9,15-17H,5-6,8,10-14H2,1-4H3,(H,19,21)/b9-7+. The van der Waals surface area contributed by atoms with Gasteiger partial charge in [-0.2, -0.15) is 0 Å². The zero-order chi connectivity index (χ0) is 15.7. The summed E-state index contributed by atoms with van der Waals surface area (Å²) in [6, 6.07) is 0.386. The van der Waals surface area contributed by atoms with Crippen LogP contribution in [0, 0.1) is 11.8 Å². The molecule has 122 valence electrons. The first-order valence-corrected chi connectivity index (χ1v) is 8.68. The van der Waals surface area contributed by atoms with Crippen LogP contribution in [0.1, 0.15) is 58.8 Å². The fourth-order valence-corrected chi connectivity index (χ4v) is 3.50. The van der Waals surface area contributed by atoms with E-state index in [0.29, 0.717) is 6.04 Å². The molecular formula is C18H34N2O. The maximum Gasteiger partial charge on any atom is 0.243 e. The highest BCUT2D eigenvalue weighted by Gasteiger charge is 2.26. The van der Waals surface area contributed by atoms with Gasteiger partial charge in [0, 0.05) is 18.7 Å². The lowest BCUT2D eigenvalue weighted by atomic mass is 9.75. The van der Waals surface area contributed by atoms with Gasteiger partial charge in [0.2, 0.25) is 5.91 Å². The molecule has 0 aromatic rings. The maximum absolute atomic E-state index is 11.9. The minimum atomic E-state index is 0.0703. The Morgan fingerprint density at radius 3 is 2.43 bits per heavy atom. The van der Waals surface area contributed by atoms with Gasteiger partial charge in [0.1, 0.15) is 0 Å². The Hall–Kier alpha value is -0.830. The number of amides is 1. The molecule has 0 saturated heterocycles. The summed E-state index contributed by atoms with van der Waals surface area (Å²) in [7, 11) is 4.01. The maximum atomic E-state index is 11.9. The Bertz CT molecular complexity index is 317. The van der Waals surface area contributed by atoms with Crippen LogP contribution in [-0.2, 0) is 4.79 Å². The lowest BCUT2D eigenvalue weighted by molar-refractivity contribution is -0.117. The molecule has 1 unspecified atom stereocenters. The summed E-state index contributed by atoms with van der Waals surface area (Å²) in [4.78, 5) is 13.9. The van der Waals surface area contributed by atoms with Crippen molar-refractivity contribution < 1.29 is 4.79 Å². The summed E-state index contributed by atoms with van der Waals surface area (Å²) in [5.74, 6) is 1.85. The quantitative estimate of drug-likeness (QED) is 0.694. The summed E-state index contributed by atoms with van der Waals surface area (Å²) in [5.41, 5.74) is 0. The first kappa shape index (κ1) is 18.2. The third kappa shape index (κ3) is 7.12. The van der Waals surface area contributed by atoms with Gasteiger partial charge < -0.3 is 10.2 Å². The Morgan fingerprint density at radius 1 is 1.24 bits per heavy atom. The van der Waals surface area contributed by atoms with Crippen LogP contribution in [0.25, 0.3) is 0 Å². The Balaban J connectivity index is 2.29. The van der Waals surface area contributed by atoms with Crippen LogP contribution >= 0.6 is 0 Å². The second-order valence-electron chi connectivity index (χ2n) is 6.74. The molecule has 0 aromatic carbocycles. The SMILES string of the molecule is CCCC(CC)C1CCC(NC(=O)/C=C/CN(C)C)CC1. The van der Waals surface area contributed by atoms with Crippen molar-refractivity contribution in [3.8, 4) is 0 Å². The van der Waals surface area contributed by atoms with E-state index < -0.39 is 0 Å². The predicted octanol–water partition coefficient (Wildman–Crippen LogP) is 3.61. The number of likely N-dealkylation sites (N-methyl/N-ethyl adjacent to an activating group) is 1. The average molecular weight is 294 g/mol. The van der Waals surface area contributed by atoms with Crippen molar-refractivity contribution in [2.45, 2.75) is 64.8 Å². The highest BCUT2D eigenvalue weighted by Crippen LogP contribution is 2.34. The molecule has 0 spiro atoms. The Morgan fingerprint density at radius 2 is 1.90 bits per heavy atom. The molecule has 1 fully saturated rings. The highest BCUT2D eigenvalue weighted by molar-refractivity contribution is 5.87. The average Bonchev–Trinajstić information content (AvgIpc) is 2.45. The predicted molar refractivity (Wildman–Crippen MR) is 90.3 cm³/mol. The van der Waals surface area contributed by atoms with Crippen molar-refractivity contribution in [2.75, 3.05) is 20.6 Å². The molecule has 0 bridgehead atoms. The summed E-state index contributed by atoms with van der Waals surface area (Å²) >= 11 is 0. The summed E-state index contributed by atoms with van der Waals surface area (Å²) < 4.78 is 0. The Labute approximate surface area is 131 Å². The summed E-state index contributed by atoms with van der Waals surface area (Å²) in [6.07, 6.45) is 12.4. The molecule has 1 rings (SSSR count). The van der Waals surface area contributed by atoms with E-state index in [-0.39, 0.29) is 5.91 Å². The highest BCUT2D eigenvalue weighted by atomic mass is 16.1. The van der Waals surface area contributed by atoms with Crippen LogP contribution in [-0.4, -0.2) is 37.5 Å². The lowest BCUT2D eigenvalue weighted by Crippen LogP contribution is -2.37. The zero-order valence-corrected chi connectivity index (χ0v) is 14.4. The second-order valence-corrected chi connectivity index (χ2v) is 6.74. The monoisotopic (exact) mass is 294 g/mol. The molecule has 0 heterocycles. The van der Waals surface area contributed by atoms with Crippen molar-refractivity contribution in [3.05, 3.63) is 12.2 Å². The first-order valence-electron chi connectivity index (χ1n) is 8.68. The van der Waals surface area contributed by atoms with Crippen LogP contribution in [0.4, 0.5) is 0 Å². The molecule has 0 aliphatic heterocycles. The van der Waals surface area contributed by atoms with Crippen LogP contribution in [0.2, 0.25) is 0 Å². The van der Waals surface area contributed by atoms with Gasteiger partial charge in [0.25, 0.3) is 0 Å². The van der Waals surface area contributed by atoms with Crippen molar-refractivity contribution in [1.82, 2.24) is 10.2 Å². The number of carbonyl (C=O) groups is 1. The van der Waals surface area contributed by atoms with E-state index in [1.165, 1.54) is 32.1 Å². The van der Waals surface area contributed by atoms with Gasteiger partial charge in [-0.1, -0.05) is 39.2 Å². The molecule has 0 aromatic heterocycles. The lowest BCUT2D eigenvalue weighted by Gasteiger charge is -2.33. The third-order valence-electron chi connectivity index (χ3n) is 4.71. The molecule has 1 amide bonds. The molecule has 1 N–H and O–H groups in total. The largest absolute Gasteiger partial charge is 0.350 e. The number of hydrogen-bond acceptors (Lipinski definition) is 2. The third-order valence-corrected chi connectivity index (χ3v) is 4.71. The zero-order valence-electron chi connectivity index (χ0n) is 14.4. The van der Waals surface area contributed by atoms with E-state index in [4.69, 9.17) is 0 Å². The topological polar surface area (TPSA) is 32.3 Å². The first-order chi connectivity index (χ1) is 10.1. The molecule has 21 heavy (non-hydrogen) atoms. The van der Waals surface area contributed by atoms with E-state index in [1.54, 1.807) is 6.08 Å². The van der Waals surface area contributed by atoms with Crippen molar-refractivity contribution in [1.29, 1.82) is 0 Å². The van der Waals surface area contributed by atoms with Gasteiger partial charge in [0.15, 0.2) is 0 Å². The minimum absolute atomic E-state index is 0.0703. The van der Waals surface area contributed by atoms with Crippen molar-refractivity contribution in [2.24, 2.45) is 11.8 Å². The van der Waals surface area contributed by atoms with E-state index in [9.17, 15) is 4.79 Å². The van der Waals surface area contributed by atoms with Crippen LogP contribution in [0.5, 0.6) is 0 Å². The number of nitrogens with zero attached hydrogens (tertiary/aromatic N) is 1. The Kier molecular flexibility index (Phi) is 8.67. The van der Waals surface area contributed by atoms with Gasteiger partial charge in [-0.05, 0) is 51.6 Å². The normalized spacial score (nSPS) is 24.4. The fraction of sp³-hybridized carbons (Fsp3) is 0.833. The van der Waals surface area contributed by atoms with Crippen molar-refractivity contribution in [3.63, 3.8) is 0 Å². The van der Waals surface area contributed by atoms with Gasteiger partial charge in [0.05, 0.1) is 0 Å². The van der Waals surface area contributed by atoms with Crippen LogP contribution in [0.3, 0.4) is 0 Å². The van der Waals surface area contributed by atoms with Crippen LogP contribution in [0.15, 0.2) is 12.2 Å².